The first-order valence-electron chi connectivity index (χ1n) is 7.95. The standard InChI is InChI=1S/C15H29N3O4/c1-15(2,3)22-14(21)17-9-8-16-13(20)18-10-5-4-6-12(18)7-11-19/h12,19H,4-11H2,1-3H3,(H,16,20)(H,17,21). The lowest BCUT2D eigenvalue weighted by Crippen LogP contribution is -2.50. The van der Waals surface area contributed by atoms with Crippen molar-refractivity contribution < 1.29 is 19.4 Å². The number of alkyl carbamates (subject to hydrolysis) is 1. The molecule has 1 saturated heterocycles. The molecule has 7 nitrogen and oxygen atoms in total. The number of ether oxygens (including phenoxy) is 1. The van der Waals surface area contributed by atoms with Gasteiger partial charge in [-0.1, -0.05) is 0 Å². The molecule has 1 aliphatic heterocycles. The summed E-state index contributed by atoms with van der Waals surface area (Å²) in [5.74, 6) is 0. The van der Waals surface area contributed by atoms with Crippen molar-refractivity contribution in [1.29, 1.82) is 0 Å². The van der Waals surface area contributed by atoms with Crippen LogP contribution in [0, 0.1) is 0 Å². The van der Waals surface area contributed by atoms with Crippen molar-refractivity contribution in [2.75, 3.05) is 26.2 Å². The molecule has 0 radical (unpaired) electrons. The number of likely N-dealkylation sites (tertiary alicyclic amines) is 1. The van der Waals surface area contributed by atoms with Crippen LogP contribution in [0.15, 0.2) is 0 Å². The molecule has 0 aliphatic carbocycles. The van der Waals surface area contributed by atoms with Gasteiger partial charge in [0.05, 0.1) is 0 Å². The molecule has 1 atom stereocenters. The van der Waals surface area contributed by atoms with E-state index in [2.05, 4.69) is 10.6 Å². The van der Waals surface area contributed by atoms with Crippen molar-refractivity contribution in [3.05, 3.63) is 0 Å². The summed E-state index contributed by atoms with van der Waals surface area (Å²) in [7, 11) is 0. The quantitative estimate of drug-likeness (QED) is 0.670. The largest absolute Gasteiger partial charge is 0.444 e. The highest BCUT2D eigenvalue weighted by molar-refractivity contribution is 5.74. The van der Waals surface area contributed by atoms with Crippen molar-refractivity contribution in [3.63, 3.8) is 0 Å². The van der Waals surface area contributed by atoms with E-state index in [1.54, 1.807) is 25.7 Å². The maximum atomic E-state index is 12.1. The topological polar surface area (TPSA) is 90.9 Å². The van der Waals surface area contributed by atoms with E-state index in [1.165, 1.54) is 0 Å². The summed E-state index contributed by atoms with van der Waals surface area (Å²) in [4.78, 5) is 25.4. The number of hydrogen-bond donors (Lipinski definition) is 3. The van der Waals surface area contributed by atoms with Crippen LogP contribution in [0.1, 0.15) is 46.5 Å². The van der Waals surface area contributed by atoms with Gasteiger partial charge in [-0.05, 0) is 46.5 Å². The number of carbonyl (C=O) groups is 2. The first-order chi connectivity index (χ1) is 10.3. The molecule has 0 bridgehead atoms. The van der Waals surface area contributed by atoms with Gasteiger partial charge in [-0.25, -0.2) is 9.59 Å². The molecule has 1 heterocycles. The fourth-order valence-corrected chi connectivity index (χ4v) is 2.47. The minimum atomic E-state index is -0.529. The van der Waals surface area contributed by atoms with Crippen molar-refractivity contribution in [1.82, 2.24) is 15.5 Å². The highest BCUT2D eigenvalue weighted by Crippen LogP contribution is 2.19. The smallest absolute Gasteiger partial charge is 0.407 e. The van der Waals surface area contributed by atoms with Crippen LogP contribution >= 0.6 is 0 Å². The third-order valence-electron chi connectivity index (χ3n) is 3.42. The fraction of sp³-hybridized carbons (Fsp3) is 0.867. The Morgan fingerprint density at radius 3 is 2.55 bits per heavy atom. The number of hydrogen-bond acceptors (Lipinski definition) is 4. The van der Waals surface area contributed by atoms with E-state index in [1.807, 2.05) is 0 Å². The Bertz CT molecular complexity index is 366. The number of urea groups is 1. The highest BCUT2D eigenvalue weighted by Gasteiger charge is 2.25. The van der Waals surface area contributed by atoms with E-state index in [9.17, 15) is 9.59 Å². The van der Waals surface area contributed by atoms with Gasteiger partial charge in [-0.3, -0.25) is 0 Å². The monoisotopic (exact) mass is 315 g/mol. The summed E-state index contributed by atoms with van der Waals surface area (Å²) in [5, 5.41) is 14.5. The van der Waals surface area contributed by atoms with E-state index < -0.39 is 11.7 Å². The first-order valence-corrected chi connectivity index (χ1v) is 7.95. The van der Waals surface area contributed by atoms with Crippen molar-refractivity contribution in [2.45, 2.75) is 58.1 Å². The molecule has 22 heavy (non-hydrogen) atoms. The van der Waals surface area contributed by atoms with Gasteiger partial charge >= 0.3 is 12.1 Å². The number of piperidine rings is 1. The minimum Gasteiger partial charge on any atom is -0.444 e. The number of amides is 3. The molecule has 7 heteroatoms. The zero-order chi connectivity index (χ0) is 16.6. The SMILES string of the molecule is CC(C)(C)OC(=O)NCCNC(=O)N1CCCCC1CCO. The maximum Gasteiger partial charge on any atom is 0.407 e. The first kappa shape index (κ1) is 18.5. The van der Waals surface area contributed by atoms with Crippen LogP contribution in [0.4, 0.5) is 9.59 Å². The molecule has 0 spiro atoms. The van der Waals surface area contributed by atoms with E-state index in [-0.39, 0.29) is 18.7 Å². The molecule has 1 rings (SSSR count). The lowest BCUT2D eigenvalue weighted by Gasteiger charge is -2.35. The average molecular weight is 315 g/mol. The molecular weight excluding hydrogens is 286 g/mol. The molecule has 3 N–H and O–H groups in total. The van der Waals surface area contributed by atoms with E-state index in [0.29, 0.717) is 19.5 Å². The van der Waals surface area contributed by atoms with Crippen LogP contribution in [-0.2, 0) is 4.74 Å². The summed E-state index contributed by atoms with van der Waals surface area (Å²) >= 11 is 0. The number of aliphatic hydroxyl groups is 1. The van der Waals surface area contributed by atoms with Crippen molar-refractivity contribution in [2.24, 2.45) is 0 Å². The normalized spacial score (nSPS) is 18.7. The predicted molar refractivity (Wildman–Crippen MR) is 83.7 cm³/mol. The molecule has 1 aliphatic rings. The predicted octanol–water partition coefficient (Wildman–Crippen LogP) is 1.46. The Balaban J connectivity index is 2.26. The average Bonchev–Trinajstić information content (AvgIpc) is 2.42. The number of aliphatic hydroxyl groups excluding tert-OH is 1. The van der Waals surface area contributed by atoms with Crippen LogP contribution in [0.3, 0.4) is 0 Å². The Morgan fingerprint density at radius 2 is 1.91 bits per heavy atom. The minimum absolute atomic E-state index is 0.0919. The Morgan fingerprint density at radius 1 is 1.23 bits per heavy atom. The molecular formula is C15H29N3O4. The van der Waals surface area contributed by atoms with E-state index in [0.717, 1.165) is 25.8 Å². The molecule has 0 aromatic carbocycles. The number of nitrogens with one attached hydrogen (secondary N) is 2. The molecule has 1 fully saturated rings. The maximum absolute atomic E-state index is 12.1. The Hall–Kier alpha value is -1.50. The zero-order valence-electron chi connectivity index (χ0n) is 13.9. The third kappa shape index (κ3) is 6.98. The van der Waals surface area contributed by atoms with Crippen molar-refractivity contribution in [3.8, 4) is 0 Å². The van der Waals surface area contributed by atoms with Crippen LogP contribution < -0.4 is 10.6 Å². The number of rotatable bonds is 5. The summed E-state index contributed by atoms with van der Waals surface area (Å²) in [6, 6.07) is -0.0262. The van der Waals surface area contributed by atoms with Gasteiger partial charge in [0.1, 0.15) is 5.60 Å². The summed E-state index contributed by atoms with van der Waals surface area (Å²) in [5.41, 5.74) is -0.529. The molecule has 0 saturated carbocycles. The fourth-order valence-electron chi connectivity index (χ4n) is 2.47. The van der Waals surface area contributed by atoms with Gasteiger partial charge < -0.3 is 25.4 Å². The molecule has 0 aromatic heterocycles. The molecule has 0 aromatic rings. The molecule has 128 valence electrons. The van der Waals surface area contributed by atoms with Gasteiger partial charge in [0.2, 0.25) is 0 Å². The van der Waals surface area contributed by atoms with Crippen LogP contribution in [0.5, 0.6) is 0 Å². The second kappa shape index (κ2) is 8.82. The van der Waals surface area contributed by atoms with Crippen LogP contribution in [0.2, 0.25) is 0 Å². The summed E-state index contributed by atoms with van der Waals surface area (Å²) in [6.45, 7) is 6.87. The zero-order valence-corrected chi connectivity index (χ0v) is 13.9. The molecule has 1 unspecified atom stereocenters. The van der Waals surface area contributed by atoms with Crippen molar-refractivity contribution >= 4 is 12.1 Å². The van der Waals surface area contributed by atoms with Crippen LogP contribution in [0.25, 0.3) is 0 Å². The number of nitrogens with zero attached hydrogens (tertiary/aromatic N) is 1. The van der Waals surface area contributed by atoms with Crippen LogP contribution in [-0.4, -0.2) is 60.0 Å². The third-order valence-corrected chi connectivity index (χ3v) is 3.42. The summed E-state index contributed by atoms with van der Waals surface area (Å²) < 4.78 is 5.11. The number of carbonyl (C=O) groups excluding carboxylic acids is 2. The highest BCUT2D eigenvalue weighted by atomic mass is 16.6. The lowest BCUT2D eigenvalue weighted by atomic mass is 10.0. The van der Waals surface area contributed by atoms with Gasteiger partial charge in [0, 0.05) is 32.3 Å². The summed E-state index contributed by atoms with van der Waals surface area (Å²) in [6.07, 6.45) is 3.14. The van der Waals surface area contributed by atoms with E-state index in [4.69, 9.17) is 9.84 Å². The molecule has 3 amide bonds. The lowest BCUT2D eigenvalue weighted by molar-refractivity contribution is 0.0527. The second-order valence-electron chi connectivity index (χ2n) is 6.52. The van der Waals surface area contributed by atoms with E-state index >= 15 is 0 Å². The van der Waals surface area contributed by atoms with Gasteiger partial charge in [-0.15, -0.1) is 0 Å². The second-order valence-corrected chi connectivity index (χ2v) is 6.52. The van der Waals surface area contributed by atoms with Gasteiger partial charge in [-0.2, -0.15) is 0 Å². The Kier molecular flexibility index (Phi) is 7.44. The van der Waals surface area contributed by atoms with Gasteiger partial charge in [0.15, 0.2) is 0 Å². The Labute approximate surface area is 132 Å². The van der Waals surface area contributed by atoms with Gasteiger partial charge in [0.25, 0.3) is 0 Å².